The number of benzene rings is 2. The second-order valence-electron chi connectivity index (χ2n) is 3.07. The van der Waals surface area contributed by atoms with Crippen molar-refractivity contribution in [3.8, 4) is 0 Å². The molecule has 0 saturated heterocycles. The highest BCUT2D eigenvalue weighted by Gasteiger charge is 2.03. The van der Waals surface area contributed by atoms with Crippen LogP contribution in [-0.4, -0.2) is 0 Å². The van der Waals surface area contributed by atoms with E-state index in [0.717, 1.165) is 20.5 Å². The zero-order chi connectivity index (χ0) is 10.7. The summed E-state index contributed by atoms with van der Waals surface area (Å²) in [5.74, 6) is 0. The van der Waals surface area contributed by atoms with Gasteiger partial charge in [-0.3, -0.25) is 0 Å². The number of anilines is 1. The Morgan fingerprint density at radius 2 is 1.47 bits per heavy atom. The third-order valence-corrected chi connectivity index (χ3v) is 3.58. The van der Waals surface area contributed by atoms with Crippen LogP contribution in [-0.2, 0) is 0 Å². The minimum Gasteiger partial charge on any atom is -0.398 e. The van der Waals surface area contributed by atoms with E-state index in [0.29, 0.717) is 0 Å². The van der Waals surface area contributed by atoms with Crippen molar-refractivity contribution in [2.45, 2.75) is 9.79 Å². The Bertz CT molecular complexity index is 427. The summed E-state index contributed by atoms with van der Waals surface area (Å²) in [6.45, 7) is 0. The van der Waals surface area contributed by atoms with E-state index in [-0.39, 0.29) is 0 Å². The van der Waals surface area contributed by atoms with Crippen LogP contribution in [0.4, 0.5) is 5.69 Å². The van der Waals surface area contributed by atoms with E-state index in [2.05, 4.69) is 0 Å². The van der Waals surface area contributed by atoms with Crippen molar-refractivity contribution in [2.24, 2.45) is 0 Å². The number of rotatable bonds is 2. The van der Waals surface area contributed by atoms with Crippen LogP contribution in [0, 0.1) is 0 Å². The predicted octanol–water partition coefficient (Wildman–Crippen LogP) is 4.07. The number of nitrogens with two attached hydrogens (primary N) is 1. The summed E-state index contributed by atoms with van der Waals surface area (Å²) in [6, 6.07) is 15.5. The van der Waals surface area contributed by atoms with Gasteiger partial charge >= 0.3 is 0 Å². The largest absolute Gasteiger partial charge is 0.398 e. The van der Waals surface area contributed by atoms with E-state index >= 15 is 0 Å². The van der Waals surface area contributed by atoms with Gasteiger partial charge in [-0.05, 0) is 24.3 Å². The van der Waals surface area contributed by atoms with Crippen LogP contribution < -0.4 is 5.73 Å². The average molecular weight is 236 g/mol. The molecule has 0 fully saturated rings. The summed E-state index contributed by atoms with van der Waals surface area (Å²) in [5.41, 5.74) is 6.63. The maximum atomic E-state index is 6.06. The highest BCUT2D eigenvalue weighted by molar-refractivity contribution is 7.99. The van der Waals surface area contributed by atoms with Gasteiger partial charge in [0.15, 0.2) is 0 Å². The molecule has 2 aromatic rings. The molecule has 0 radical (unpaired) electrons. The van der Waals surface area contributed by atoms with E-state index in [1.807, 2.05) is 48.5 Å². The lowest BCUT2D eigenvalue weighted by Crippen LogP contribution is -1.87. The molecule has 0 aliphatic carbocycles. The number of halogens is 1. The van der Waals surface area contributed by atoms with E-state index < -0.39 is 0 Å². The fourth-order valence-electron chi connectivity index (χ4n) is 1.22. The van der Waals surface area contributed by atoms with Crippen LogP contribution in [0.15, 0.2) is 58.3 Å². The summed E-state index contributed by atoms with van der Waals surface area (Å²) < 4.78 is 0. The van der Waals surface area contributed by atoms with Crippen molar-refractivity contribution in [2.75, 3.05) is 5.73 Å². The highest BCUT2D eigenvalue weighted by Crippen LogP contribution is 2.35. The SMILES string of the molecule is Nc1ccccc1Sc1ccccc1Cl. The molecule has 0 unspecified atom stereocenters. The number of hydrogen-bond donors (Lipinski definition) is 1. The van der Waals surface area contributed by atoms with Gasteiger partial charge in [-0.25, -0.2) is 0 Å². The first kappa shape index (κ1) is 10.4. The Morgan fingerprint density at radius 1 is 0.867 bits per heavy atom. The van der Waals surface area contributed by atoms with Crippen molar-refractivity contribution < 1.29 is 0 Å². The topological polar surface area (TPSA) is 26.0 Å². The maximum absolute atomic E-state index is 6.06. The monoisotopic (exact) mass is 235 g/mol. The van der Waals surface area contributed by atoms with Crippen molar-refractivity contribution in [3.05, 3.63) is 53.6 Å². The Kier molecular flexibility index (Phi) is 3.19. The molecule has 2 aromatic carbocycles. The van der Waals surface area contributed by atoms with Gasteiger partial charge in [0.05, 0.1) is 5.02 Å². The number of hydrogen-bond acceptors (Lipinski definition) is 2. The summed E-state index contributed by atoms with van der Waals surface area (Å²) in [6.07, 6.45) is 0. The molecule has 0 aromatic heterocycles. The van der Waals surface area contributed by atoms with E-state index in [4.69, 9.17) is 17.3 Å². The molecule has 0 atom stereocenters. The van der Waals surface area contributed by atoms with E-state index in [9.17, 15) is 0 Å². The van der Waals surface area contributed by atoms with Gasteiger partial charge in [0, 0.05) is 15.5 Å². The lowest BCUT2D eigenvalue weighted by Gasteiger charge is -2.05. The predicted molar refractivity (Wildman–Crippen MR) is 66.4 cm³/mol. The normalized spacial score (nSPS) is 10.2. The van der Waals surface area contributed by atoms with Gasteiger partial charge in [0.2, 0.25) is 0 Å². The van der Waals surface area contributed by atoms with Crippen molar-refractivity contribution in [3.63, 3.8) is 0 Å². The molecule has 0 bridgehead atoms. The molecular formula is C12H10ClNS. The fourth-order valence-corrected chi connectivity index (χ4v) is 2.35. The molecule has 0 aliphatic heterocycles. The fraction of sp³-hybridized carbons (Fsp3) is 0. The first-order chi connectivity index (χ1) is 7.27. The zero-order valence-corrected chi connectivity index (χ0v) is 9.55. The number of para-hydroxylation sites is 1. The van der Waals surface area contributed by atoms with Gasteiger partial charge in [-0.2, -0.15) is 0 Å². The first-order valence-electron chi connectivity index (χ1n) is 4.54. The smallest absolute Gasteiger partial charge is 0.0545 e. The summed E-state index contributed by atoms with van der Waals surface area (Å²) in [5, 5.41) is 0.755. The Labute approximate surface area is 98.3 Å². The summed E-state index contributed by atoms with van der Waals surface area (Å²) in [7, 11) is 0. The summed E-state index contributed by atoms with van der Waals surface area (Å²) in [4.78, 5) is 2.06. The van der Waals surface area contributed by atoms with Crippen molar-refractivity contribution >= 4 is 29.1 Å². The van der Waals surface area contributed by atoms with Gasteiger partial charge in [0.25, 0.3) is 0 Å². The molecule has 0 spiro atoms. The average Bonchev–Trinajstić information content (AvgIpc) is 2.24. The standard InChI is InChI=1S/C12H10ClNS/c13-9-5-1-3-7-11(9)15-12-8-4-2-6-10(12)14/h1-8H,14H2. The molecule has 0 amide bonds. The molecule has 0 saturated carbocycles. The van der Waals surface area contributed by atoms with E-state index in [1.165, 1.54) is 0 Å². The molecular weight excluding hydrogens is 226 g/mol. The van der Waals surface area contributed by atoms with Crippen LogP contribution in [0.3, 0.4) is 0 Å². The second-order valence-corrected chi connectivity index (χ2v) is 4.56. The van der Waals surface area contributed by atoms with Crippen molar-refractivity contribution in [1.82, 2.24) is 0 Å². The van der Waals surface area contributed by atoms with Crippen LogP contribution in [0.1, 0.15) is 0 Å². The molecule has 2 rings (SSSR count). The van der Waals surface area contributed by atoms with Crippen LogP contribution in [0.2, 0.25) is 5.02 Å². The molecule has 3 heteroatoms. The molecule has 15 heavy (non-hydrogen) atoms. The molecule has 1 nitrogen and oxygen atoms in total. The van der Waals surface area contributed by atoms with Gasteiger partial charge in [0.1, 0.15) is 0 Å². The van der Waals surface area contributed by atoms with Crippen LogP contribution >= 0.6 is 23.4 Å². The Balaban J connectivity index is 2.30. The van der Waals surface area contributed by atoms with Gasteiger partial charge < -0.3 is 5.73 Å². The molecule has 76 valence electrons. The minimum atomic E-state index is 0.755. The first-order valence-corrected chi connectivity index (χ1v) is 5.74. The van der Waals surface area contributed by atoms with Gasteiger partial charge in [-0.1, -0.05) is 47.6 Å². The molecule has 0 heterocycles. The quantitative estimate of drug-likeness (QED) is 0.794. The van der Waals surface area contributed by atoms with Crippen molar-refractivity contribution in [1.29, 1.82) is 0 Å². The Morgan fingerprint density at radius 3 is 2.13 bits per heavy atom. The van der Waals surface area contributed by atoms with Crippen LogP contribution in [0.25, 0.3) is 0 Å². The Hall–Kier alpha value is -1.12. The van der Waals surface area contributed by atoms with Crippen LogP contribution in [0.5, 0.6) is 0 Å². The number of nitrogen functional groups attached to an aromatic ring is 1. The highest BCUT2D eigenvalue weighted by atomic mass is 35.5. The minimum absolute atomic E-state index is 0.755. The third-order valence-electron chi connectivity index (χ3n) is 1.98. The second kappa shape index (κ2) is 4.60. The van der Waals surface area contributed by atoms with Gasteiger partial charge in [-0.15, -0.1) is 0 Å². The third kappa shape index (κ3) is 2.46. The maximum Gasteiger partial charge on any atom is 0.0545 e. The molecule has 2 N–H and O–H groups in total. The lowest BCUT2D eigenvalue weighted by atomic mass is 10.3. The van der Waals surface area contributed by atoms with E-state index in [1.54, 1.807) is 11.8 Å². The zero-order valence-electron chi connectivity index (χ0n) is 7.98. The lowest BCUT2D eigenvalue weighted by molar-refractivity contribution is 1.41. The summed E-state index contributed by atoms with van der Waals surface area (Å²) >= 11 is 7.65. The molecule has 0 aliphatic rings.